The van der Waals surface area contributed by atoms with Crippen molar-refractivity contribution < 1.29 is 17.9 Å². The van der Waals surface area contributed by atoms with Gasteiger partial charge in [0.05, 0.1) is 12.2 Å². The fraction of sp³-hybridized carbons (Fsp3) is 0.571. The number of methoxy groups -OCH3 is 1. The molecule has 0 atom stereocenters. The SMILES string of the molecule is COCCN(c1ccc(C(F)(F)F)c(CN)c1)C(C)C. The molecule has 0 aromatic heterocycles. The van der Waals surface area contributed by atoms with E-state index in [-0.39, 0.29) is 18.2 Å². The number of rotatable bonds is 6. The van der Waals surface area contributed by atoms with Gasteiger partial charge in [0.2, 0.25) is 0 Å². The lowest BCUT2D eigenvalue weighted by atomic mass is 10.0. The largest absolute Gasteiger partial charge is 0.416 e. The van der Waals surface area contributed by atoms with Crippen molar-refractivity contribution in [2.45, 2.75) is 32.6 Å². The van der Waals surface area contributed by atoms with Gasteiger partial charge in [0.25, 0.3) is 0 Å². The van der Waals surface area contributed by atoms with Crippen LogP contribution in [0.15, 0.2) is 18.2 Å². The van der Waals surface area contributed by atoms with Gasteiger partial charge in [-0.2, -0.15) is 13.2 Å². The lowest BCUT2D eigenvalue weighted by Crippen LogP contribution is -2.34. The minimum atomic E-state index is -4.37. The van der Waals surface area contributed by atoms with Gasteiger partial charge in [-0.15, -0.1) is 0 Å². The molecule has 0 unspecified atom stereocenters. The molecule has 0 fully saturated rings. The van der Waals surface area contributed by atoms with Crippen LogP contribution < -0.4 is 10.6 Å². The Morgan fingerprint density at radius 2 is 1.95 bits per heavy atom. The summed E-state index contributed by atoms with van der Waals surface area (Å²) in [6.45, 7) is 4.95. The molecule has 0 saturated heterocycles. The average Bonchev–Trinajstić information content (AvgIpc) is 2.37. The van der Waals surface area contributed by atoms with E-state index < -0.39 is 11.7 Å². The van der Waals surface area contributed by atoms with Crippen molar-refractivity contribution in [3.8, 4) is 0 Å². The molecule has 0 saturated carbocycles. The van der Waals surface area contributed by atoms with Gasteiger partial charge >= 0.3 is 6.18 Å². The van der Waals surface area contributed by atoms with E-state index in [1.165, 1.54) is 12.1 Å². The zero-order valence-corrected chi connectivity index (χ0v) is 12.0. The Hall–Kier alpha value is -1.27. The van der Waals surface area contributed by atoms with E-state index >= 15 is 0 Å². The molecule has 6 heteroatoms. The molecule has 1 rings (SSSR count). The number of anilines is 1. The minimum Gasteiger partial charge on any atom is -0.383 e. The van der Waals surface area contributed by atoms with Gasteiger partial charge < -0.3 is 15.4 Å². The molecule has 0 aliphatic heterocycles. The normalized spacial score (nSPS) is 12.0. The summed E-state index contributed by atoms with van der Waals surface area (Å²) in [7, 11) is 1.59. The molecular weight excluding hydrogens is 269 g/mol. The molecule has 20 heavy (non-hydrogen) atoms. The standard InChI is InChI=1S/C14H21F3N2O/c1-10(2)19(6-7-20-3)12-4-5-13(14(15,16)17)11(8-12)9-18/h4-5,8,10H,6-7,9,18H2,1-3H3. The number of nitrogens with two attached hydrogens (primary N) is 1. The van der Waals surface area contributed by atoms with Crippen LogP contribution in [0.3, 0.4) is 0 Å². The third-order valence-electron chi connectivity index (χ3n) is 3.11. The predicted octanol–water partition coefficient (Wildman–Crippen LogP) is 3.03. The Bertz CT molecular complexity index is 433. The first kappa shape index (κ1) is 16.8. The molecule has 0 radical (unpaired) electrons. The van der Waals surface area contributed by atoms with Crippen LogP contribution in [0.2, 0.25) is 0 Å². The number of hydrogen-bond acceptors (Lipinski definition) is 3. The summed E-state index contributed by atoms with van der Waals surface area (Å²) in [4.78, 5) is 1.99. The number of hydrogen-bond donors (Lipinski definition) is 1. The number of halogens is 3. The summed E-state index contributed by atoms with van der Waals surface area (Å²) in [5, 5.41) is 0. The van der Waals surface area contributed by atoms with E-state index in [1.54, 1.807) is 7.11 Å². The molecule has 2 N–H and O–H groups in total. The van der Waals surface area contributed by atoms with Crippen LogP contribution in [-0.4, -0.2) is 26.3 Å². The highest BCUT2D eigenvalue weighted by atomic mass is 19.4. The Labute approximate surface area is 117 Å². The van der Waals surface area contributed by atoms with Crippen molar-refractivity contribution in [3.05, 3.63) is 29.3 Å². The fourth-order valence-electron chi connectivity index (χ4n) is 2.08. The van der Waals surface area contributed by atoms with Gasteiger partial charge in [0.1, 0.15) is 0 Å². The number of nitrogens with zero attached hydrogens (tertiary/aromatic N) is 1. The molecule has 0 bridgehead atoms. The maximum atomic E-state index is 12.8. The topological polar surface area (TPSA) is 38.5 Å². The van der Waals surface area contributed by atoms with E-state index in [9.17, 15) is 13.2 Å². The van der Waals surface area contributed by atoms with E-state index in [4.69, 9.17) is 10.5 Å². The van der Waals surface area contributed by atoms with Crippen LogP contribution in [0.25, 0.3) is 0 Å². The maximum absolute atomic E-state index is 12.8. The van der Waals surface area contributed by atoms with Crippen LogP contribution in [0.5, 0.6) is 0 Å². The van der Waals surface area contributed by atoms with E-state index in [1.807, 2.05) is 18.7 Å². The zero-order chi connectivity index (χ0) is 15.3. The van der Waals surface area contributed by atoms with Crippen molar-refractivity contribution in [2.75, 3.05) is 25.2 Å². The Kier molecular flexibility index (Phi) is 5.83. The molecule has 3 nitrogen and oxygen atoms in total. The zero-order valence-electron chi connectivity index (χ0n) is 12.0. The van der Waals surface area contributed by atoms with Gasteiger partial charge in [0.15, 0.2) is 0 Å². The third kappa shape index (κ3) is 4.11. The van der Waals surface area contributed by atoms with Crippen molar-refractivity contribution in [3.63, 3.8) is 0 Å². The van der Waals surface area contributed by atoms with Crippen LogP contribution >= 0.6 is 0 Å². The molecule has 0 aliphatic rings. The molecule has 1 aromatic rings. The van der Waals surface area contributed by atoms with Crippen LogP contribution in [0.4, 0.5) is 18.9 Å². The van der Waals surface area contributed by atoms with Crippen LogP contribution in [0, 0.1) is 0 Å². The first-order valence-electron chi connectivity index (χ1n) is 6.47. The van der Waals surface area contributed by atoms with E-state index in [2.05, 4.69) is 0 Å². The lowest BCUT2D eigenvalue weighted by Gasteiger charge is -2.29. The second-order valence-corrected chi connectivity index (χ2v) is 4.82. The summed E-state index contributed by atoms with van der Waals surface area (Å²) in [6, 6.07) is 4.25. The first-order valence-corrected chi connectivity index (χ1v) is 6.47. The summed E-state index contributed by atoms with van der Waals surface area (Å²) >= 11 is 0. The Balaban J connectivity index is 3.12. The molecule has 0 amide bonds. The molecular formula is C14H21F3N2O. The summed E-state index contributed by atoms with van der Waals surface area (Å²) in [5.74, 6) is 0. The highest BCUT2D eigenvalue weighted by molar-refractivity contribution is 5.52. The van der Waals surface area contributed by atoms with Gasteiger partial charge in [-0.25, -0.2) is 0 Å². The van der Waals surface area contributed by atoms with Gasteiger partial charge in [-0.1, -0.05) is 0 Å². The van der Waals surface area contributed by atoms with Crippen molar-refractivity contribution in [2.24, 2.45) is 5.73 Å². The molecule has 114 valence electrons. The average molecular weight is 290 g/mol. The highest BCUT2D eigenvalue weighted by Crippen LogP contribution is 2.34. The second-order valence-electron chi connectivity index (χ2n) is 4.82. The maximum Gasteiger partial charge on any atom is 0.416 e. The van der Waals surface area contributed by atoms with E-state index in [0.717, 1.165) is 11.8 Å². The van der Waals surface area contributed by atoms with Gasteiger partial charge in [-0.3, -0.25) is 0 Å². The molecule has 1 aromatic carbocycles. The highest BCUT2D eigenvalue weighted by Gasteiger charge is 2.33. The molecule has 0 aliphatic carbocycles. The van der Waals surface area contributed by atoms with Crippen molar-refractivity contribution in [1.82, 2.24) is 0 Å². The molecule has 0 spiro atoms. The monoisotopic (exact) mass is 290 g/mol. The Morgan fingerprint density at radius 3 is 2.40 bits per heavy atom. The predicted molar refractivity (Wildman–Crippen MR) is 73.7 cm³/mol. The number of benzene rings is 1. The van der Waals surface area contributed by atoms with Crippen LogP contribution in [-0.2, 0) is 17.5 Å². The van der Waals surface area contributed by atoms with E-state index in [0.29, 0.717) is 13.2 Å². The van der Waals surface area contributed by atoms with Crippen molar-refractivity contribution >= 4 is 5.69 Å². The third-order valence-corrected chi connectivity index (χ3v) is 3.11. The smallest absolute Gasteiger partial charge is 0.383 e. The second kappa shape index (κ2) is 6.95. The van der Waals surface area contributed by atoms with Gasteiger partial charge in [-0.05, 0) is 37.6 Å². The molecule has 0 heterocycles. The number of ether oxygens (including phenoxy) is 1. The van der Waals surface area contributed by atoms with Gasteiger partial charge in [0, 0.05) is 31.9 Å². The fourth-order valence-corrected chi connectivity index (χ4v) is 2.08. The first-order chi connectivity index (χ1) is 9.31. The van der Waals surface area contributed by atoms with Crippen LogP contribution in [0.1, 0.15) is 25.0 Å². The summed E-state index contributed by atoms with van der Waals surface area (Å²) in [5.41, 5.74) is 5.62. The number of alkyl halides is 3. The summed E-state index contributed by atoms with van der Waals surface area (Å²) in [6.07, 6.45) is -4.37. The quantitative estimate of drug-likeness (QED) is 0.875. The van der Waals surface area contributed by atoms with Crippen molar-refractivity contribution in [1.29, 1.82) is 0 Å². The summed E-state index contributed by atoms with van der Waals surface area (Å²) < 4.78 is 43.6. The lowest BCUT2D eigenvalue weighted by molar-refractivity contribution is -0.138. The minimum absolute atomic E-state index is 0.109. The Morgan fingerprint density at radius 1 is 1.30 bits per heavy atom.